The van der Waals surface area contributed by atoms with E-state index >= 15 is 0 Å². The number of fused-ring (bicyclic) bond motifs is 5. The van der Waals surface area contributed by atoms with Crippen LogP contribution in [0.25, 0.3) is 16.7 Å². The number of aryl methyl sites for hydroxylation is 1. The highest BCUT2D eigenvalue weighted by Gasteiger charge is 2.33. The molecule has 2 heterocycles. The van der Waals surface area contributed by atoms with Crippen molar-refractivity contribution in [1.82, 2.24) is 0 Å². The molecule has 0 amide bonds. The maximum absolute atomic E-state index is 14.8. The Morgan fingerprint density at radius 2 is 1.68 bits per heavy atom. The predicted octanol–water partition coefficient (Wildman–Crippen LogP) is 10.4. The van der Waals surface area contributed by atoms with Crippen molar-refractivity contribution in [1.29, 1.82) is 0 Å². The normalized spacial score (nSPS) is 16.0. The fourth-order valence-corrected chi connectivity index (χ4v) is 5.61. The van der Waals surface area contributed by atoms with Crippen LogP contribution < -0.4 is 4.74 Å². The lowest BCUT2D eigenvalue weighted by Crippen LogP contribution is -2.25. The van der Waals surface area contributed by atoms with Gasteiger partial charge in [0.15, 0.2) is 35.6 Å². The van der Waals surface area contributed by atoms with Crippen molar-refractivity contribution in [3.8, 4) is 16.9 Å². The van der Waals surface area contributed by atoms with Crippen LogP contribution in [-0.2, 0) is 12.8 Å². The summed E-state index contributed by atoms with van der Waals surface area (Å²) in [6.07, 6.45) is 2.79. The Morgan fingerprint density at radius 3 is 2.32 bits per heavy atom. The molecule has 3 nitrogen and oxygen atoms in total. The number of aliphatic imine (C=N–C) groups is 1. The van der Waals surface area contributed by atoms with Gasteiger partial charge in [0, 0.05) is 35.3 Å². The van der Waals surface area contributed by atoms with E-state index < -0.39 is 35.8 Å². The van der Waals surface area contributed by atoms with Crippen molar-refractivity contribution in [3.05, 3.63) is 87.7 Å². The number of hydrogen-bond donors (Lipinski definition) is 0. The molecule has 5 rings (SSSR count). The minimum Gasteiger partial charge on any atom is -0.484 e. The molecule has 2 aliphatic rings. The SMILES string of the molecule is C/C=C(/C(=O)c1cc(F)c(F)c(F)c1)c1cccc2c1CCCCC(F)(F)COc1c3c(cc(C)c1-2)CC(C)=N3.CC(C)C. The van der Waals surface area contributed by atoms with Crippen LogP contribution in [0.1, 0.15) is 86.5 Å². The van der Waals surface area contributed by atoms with Gasteiger partial charge in [0.1, 0.15) is 5.69 Å². The molecular formula is C36H38F5NO2. The Bertz CT molecular complexity index is 1610. The zero-order valence-corrected chi connectivity index (χ0v) is 26.0. The molecule has 0 saturated heterocycles. The zero-order chi connectivity index (χ0) is 32.3. The molecule has 0 saturated carbocycles. The van der Waals surface area contributed by atoms with Crippen molar-refractivity contribution in [2.24, 2.45) is 10.9 Å². The van der Waals surface area contributed by atoms with Crippen LogP contribution in [0.4, 0.5) is 27.6 Å². The second-order valence-corrected chi connectivity index (χ2v) is 12.1. The number of hydrogen-bond acceptors (Lipinski definition) is 3. The lowest BCUT2D eigenvalue weighted by molar-refractivity contribution is -0.0489. The summed E-state index contributed by atoms with van der Waals surface area (Å²) in [4.78, 5) is 18.2. The Balaban J connectivity index is 0.00000104. The zero-order valence-electron chi connectivity index (χ0n) is 26.0. The number of rotatable bonds is 3. The molecule has 3 aromatic rings. The lowest BCUT2D eigenvalue weighted by atomic mass is 9.84. The summed E-state index contributed by atoms with van der Waals surface area (Å²) in [5.41, 5.74) is 5.49. The first-order valence-corrected chi connectivity index (χ1v) is 14.9. The largest absolute Gasteiger partial charge is 0.484 e. The van der Waals surface area contributed by atoms with Crippen LogP contribution >= 0.6 is 0 Å². The first-order chi connectivity index (χ1) is 20.7. The third kappa shape index (κ3) is 7.11. The van der Waals surface area contributed by atoms with Gasteiger partial charge in [-0.05, 0) is 85.9 Å². The molecule has 2 aliphatic heterocycles. The van der Waals surface area contributed by atoms with Gasteiger partial charge in [-0.2, -0.15) is 0 Å². The van der Waals surface area contributed by atoms with Gasteiger partial charge in [0.05, 0.1) is 0 Å². The average molecular weight is 612 g/mol. The van der Waals surface area contributed by atoms with E-state index in [0.29, 0.717) is 53.8 Å². The second-order valence-electron chi connectivity index (χ2n) is 12.1. The van der Waals surface area contributed by atoms with Gasteiger partial charge < -0.3 is 4.74 Å². The molecular weight excluding hydrogens is 573 g/mol. The molecule has 0 atom stereocenters. The summed E-state index contributed by atoms with van der Waals surface area (Å²) >= 11 is 0. The van der Waals surface area contributed by atoms with Gasteiger partial charge in [-0.15, -0.1) is 0 Å². The summed E-state index contributed by atoms with van der Waals surface area (Å²) in [5.74, 6) is -7.18. The van der Waals surface area contributed by atoms with Gasteiger partial charge in [-0.25, -0.2) is 22.0 Å². The van der Waals surface area contributed by atoms with Crippen molar-refractivity contribution < 1.29 is 31.5 Å². The minimum absolute atomic E-state index is 0.164. The van der Waals surface area contributed by atoms with Crippen molar-refractivity contribution in [3.63, 3.8) is 0 Å². The van der Waals surface area contributed by atoms with E-state index in [2.05, 4.69) is 25.8 Å². The predicted molar refractivity (Wildman–Crippen MR) is 166 cm³/mol. The highest BCUT2D eigenvalue weighted by atomic mass is 19.3. The second kappa shape index (κ2) is 13.4. The number of ether oxygens (including phenoxy) is 1. The number of alkyl halides is 2. The van der Waals surface area contributed by atoms with Crippen molar-refractivity contribution >= 4 is 22.8 Å². The van der Waals surface area contributed by atoms with Crippen molar-refractivity contribution in [2.75, 3.05) is 6.61 Å². The lowest BCUT2D eigenvalue weighted by Gasteiger charge is -2.22. The first-order valence-electron chi connectivity index (χ1n) is 14.9. The van der Waals surface area contributed by atoms with E-state index in [1.807, 2.05) is 26.0 Å². The third-order valence-electron chi connectivity index (χ3n) is 7.44. The van der Waals surface area contributed by atoms with Gasteiger partial charge in [-0.3, -0.25) is 9.79 Å². The molecule has 44 heavy (non-hydrogen) atoms. The van der Waals surface area contributed by atoms with Crippen LogP contribution in [0.2, 0.25) is 0 Å². The molecule has 234 valence electrons. The van der Waals surface area contributed by atoms with Crippen LogP contribution in [0.5, 0.6) is 5.75 Å². The van der Waals surface area contributed by atoms with Crippen LogP contribution in [0, 0.1) is 30.3 Å². The van der Waals surface area contributed by atoms with Crippen molar-refractivity contribution in [2.45, 2.75) is 79.6 Å². The number of ketones is 1. The topological polar surface area (TPSA) is 38.7 Å². The molecule has 0 bridgehead atoms. The molecule has 0 unspecified atom stereocenters. The molecule has 0 aromatic heterocycles. The van der Waals surface area contributed by atoms with E-state index in [1.165, 1.54) is 6.08 Å². The number of Topliss-reactive ketones (excluding diaryl/α,β-unsaturated/α-hetero) is 1. The fourth-order valence-electron chi connectivity index (χ4n) is 5.61. The summed E-state index contributed by atoms with van der Waals surface area (Å²) in [6.45, 7) is 11.1. The van der Waals surface area contributed by atoms with Crippen LogP contribution in [0.3, 0.4) is 0 Å². The third-order valence-corrected chi connectivity index (χ3v) is 7.44. The number of carbonyl (C=O) groups excluding carboxylic acids is 1. The van der Waals surface area contributed by atoms with E-state index in [1.54, 1.807) is 19.1 Å². The smallest absolute Gasteiger partial charge is 0.281 e. The molecule has 8 heteroatoms. The van der Waals surface area contributed by atoms with E-state index in [-0.39, 0.29) is 29.7 Å². The summed E-state index contributed by atoms with van der Waals surface area (Å²) in [6, 6.07) is 8.66. The Kier molecular flexibility index (Phi) is 10.1. The molecule has 0 N–H and O–H groups in total. The van der Waals surface area contributed by atoms with E-state index in [9.17, 15) is 26.7 Å². The number of carbonyl (C=O) groups is 1. The van der Waals surface area contributed by atoms with Gasteiger partial charge >= 0.3 is 0 Å². The number of allylic oxidation sites excluding steroid dienone is 2. The Labute approximate surface area is 255 Å². The van der Waals surface area contributed by atoms with Crippen LogP contribution in [-0.4, -0.2) is 24.0 Å². The van der Waals surface area contributed by atoms with Gasteiger partial charge in [-0.1, -0.05) is 51.1 Å². The minimum atomic E-state index is -3.04. The maximum Gasteiger partial charge on any atom is 0.281 e. The van der Waals surface area contributed by atoms with Crippen LogP contribution in [0.15, 0.2) is 47.5 Å². The van der Waals surface area contributed by atoms with E-state index in [0.717, 1.165) is 28.3 Å². The molecule has 0 radical (unpaired) electrons. The Hall–Kier alpha value is -3.81. The molecule has 3 aromatic carbocycles. The van der Waals surface area contributed by atoms with E-state index in [4.69, 9.17) is 4.74 Å². The number of nitrogens with zero attached hydrogens (tertiary/aromatic N) is 1. The standard InChI is InChI=1S/C32H28F5NO2.C4H10/c1-4-21(30(39)20-14-25(33)28(35)26(34)15-20)22-9-7-10-24-23(22)8-5-6-11-32(36,37)16-40-31-27(24)17(2)12-19-13-18(3)38-29(19)31;1-4(2)3/h4,7,9-10,12,14-15H,5-6,8,11,13,16H2,1-3H3;4H,1-3H3/b21-4+;. The average Bonchev–Trinajstić information content (AvgIpc) is 3.31. The highest BCUT2D eigenvalue weighted by Crippen LogP contribution is 2.48. The maximum atomic E-state index is 14.8. The fraction of sp³-hybridized carbons (Fsp3) is 0.389. The first kappa shape index (κ1) is 33.1. The number of benzene rings is 3. The number of halogens is 5. The highest BCUT2D eigenvalue weighted by molar-refractivity contribution is 6.29. The van der Waals surface area contributed by atoms with Gasteiger partial charge in [0.2, 0.25) is 0 Å². The summed E-state index contributed by atoms with van der Waals surface area (Å²) in [7, 11) is 0. The summed E-state index contributed by atoms with van der Waals surface area (Å²) < 4.78 is 77.1. The van der Waals surface area contributed by atoms with Gasteiger partial charge in [0.25, 0.3) is 5.92 Å². The molecule has 0 fully saturated rings. The Morgan fingerprint density at radius 1 is 1.02 bits per heavy atom. The monoisotopic (exact) mass is 611 g/mol. The quantitative estimate of drug-likeness (QED) is 0.128. The summed E-state index contributed by atoms with van der Waals surface area (Å²) in [5, 5.41) is 0. The molecule has 0 aliphatic carbocycles. The molecule has 0 spiro atoms.